The van der Waals surface area contributed by atoms with E-state index in [0.29, 0.717) is 18.7 Å². The minimum absolute atomic E-state index is 0. The van der Waals surface area contributed by atoms with Gasteiger partial charge in [-0.15, -0.1) is 24.0 Å². The Bertz CT molecular complexity index is 700. The van der Waals surface area contributed by atoms with E-state index in [4.69, 9.17) is 19.2 Å². The maximum absolute atomic E-state index is 12.3. The van der Waals surface area contributed by atoms with Crippen molar-refractivity contribution in [2.75, 3.05) is 39.5 Å². The molecule has 176 valence electrons. The van der Waals surface area contributed by atoms with Gasteiger partial charge in [0.05, 0.1) is 25.9 Å². The maximum atomic E-state index is 12.3. The van der Waals surface area contributed by atoms with Crippen LogP contribution >= 0.6 is 24.0 Å². The van der Waals surface area contributed by atoms with Gasteiger partial charge < -0.3 is 24.4 Å². The first-order valence-corrected chi connectivity index (χ1v) is 10.4. The molecule has 31 heavy (non-hydrogen) atoms. The molecule has 6 nitrogen and oxygen atoms in total. The van der Waals surface area contributed by atoms with E-state index in [-0.39, 0.29) is 42.8 Å². The molecule has 1 aromatic carbocycles. The molecule has 1 aromatic rings. The highest BCUT2D eigenvalue weighted by Crippen LogP contribution is 2.21. The lowest BCUT2D eigenvalue weighted by molar-refractivity contribution is -0.176. The van der Waals surface area contributed by atoms with E-state index in [1.807, 2.05) is 25.1 Å². The standard InChI is InChI=1S/C21H30F3N3O3.HI/c1-2-25-20(27-8-10-30-19(13-27)18-7-4-9-29-18)26-12-16-5-3-6-17(11-16)14-28-15-21(22,23)24;/h3,5-6,11,18-19H,2,4,7-10,12-15H2,1H3,(H,25,26);1H. The molecule has 0 spiro atoms. The third-order valence-corrected chi connectivity index (χ3v) is 5.04. The predicted octanol–water partition coefficient (Wildman–Crippen LogP) is 3.73. The molecule has 0 radical (unpaired) electrons. The number of hydrogen-bond donors (Lipinski definition) is 1. The molecular weight excluding hydrogens is 526 g/mol. The number of alkyl halides is 3. The van der Waals surface area contributed by atoms with Crippen LogP contribution in [0.15, 0.2) is 29.3 Å². The molecule has 2 unspecified atom stereocenters. The normalized spacial score (nSPS) is 22.3. The summed E-state index contributed by atoms with van der Waals surface area (Å²) in [4.78, 5) is 6.93. The van der Waals surface area contributed by atoms with Gasteiger partial charge in [0.15, 0.2) is 5.96 Å². The highest BCUT2D eigenvalue weighted by Gasteiger charge is 2.32. The SMILES string of the molecule is CCNC(=NCc1cccc(COCC(F)(F)F)c1)N1CCOC(C2CCCO2)C1.I. The number of guanidine groups is 1. The Balaban J connectivity index is 0.00000341. The lowest BCUT2D eigenvalue weighted by atomic mass is 10.1. The van der Waals surface area contributed by atoms with Gasteiger partial charge in [0.25, 0.3) is 0 Å². The Hall–Kier alpha value is -1.11. The minimum Gasteiger partial charge on any atom is -0.375 e. The molecule has 2 fully saturated rings. The van der Waals surface area contributed by atoms with Gasteiger partial charge in [-0.2, -0.15) is 13.2 Å². The average Bonchev–Trinajstić information content (AvgIpc) is 3.26. The van der Waals surface area contributed by atoms with Gasteiger partial charge in [0, 0.05) is 26.2 Å². The van der Waals surface area contributed by atoms with Gasteiger partial charge >= 0.3 is 6.18 Å². The van der Waals surface area contributed by atoms with E-state index < -0.39 is 12.8 Å². The van der Waals surface area contributed by atoms with Crippen LogP contribution < -0.4 is 5.32 Å². The smallest absolute Gasteiger partial charge is 0.375 e. The van der Waals surface area contributed by atoms with E-state index in [1.54, 1.807) is 6.07 Å². The summed E-state index contributed by atoms with van der Waals surface area (Å²) >= 11 is 0. The van der Waals surface area contributed by atoms with Crippen molar-refractivity contribution in [3.05, 3.63) is 35.4 Å². The van der Waals surface area contributed by atoms with Crippen molar-refractivity contribution in [1.29, 1.82) is 0 Å². The van der Waals surface area contributed by atoms with Crippen LogP contribution in [0.2, 0.25) is 0 Å². The van der Waals surface area contributed by atoms with E-state index in [1.165, 1.54) is 0 Å². The van der Waals surface area contributed by atoms with Gasteiger partial charge in [-0.25, -0.2) is 4.99 Å². The van der Waals surface area contributed by atoms with Crippen LogP contribution in [-0.2, 0) is 27.4 Å². The second-order valence-corrected chi connectivity index (χ2v) is 7.50. The van der Waals surface area contributed by atoms with Gasteiger partial charge in [-0.05, 0) is 30.9 Å². The summed E-state index contributed by atoms with van der Waals surface area (Å²) in [5, 5.41) is 3.33. The molecule has 2 aliphatic rings. The summed E-state index contributed by atoms with van der Waals surface area (Å²) in [7, 11) is 0. The van der Waals surface area contributed by atoms with Gasteiger partial charge in [0.2, 0.25) is 0 Å². The van der Waals surface area contributed by atoms with Crippen molar-refractivity contribution >= 4 is 29.9 Å². The Kier molecular flexibility index (Phi) is 10.8. The molecule has 0 bridgehead atoms. The molecule has 2 heterocycles. The van der Waals surface area contributed by atoms with Crippen LogP contribution in [0.1, 0.15) is 30.9 Å². The van der Waals surface area contributed by atoms with Gasteiger partial charge in [-0.1, -0.05) is 24.3 Å². The molecule has 1 N–H and O–H groups in total. The molecule has 0 aromatic heterocycles. The van der Waals surface area contributed by atoms with E-state index >= 15 is 0 Å². The molecule has 0 aliphatic carbocycles. The van der Waals surface area contributed by atoms with E-state index in [0.717, 1.165) is 50.6 Å². The van der Waals surface area contributed by atoms with Crippen LogP contribution in [0.5, 0.6) is 0 Å². The fraction of sp³-hybridized carbons (Fsp3) is 0.667. The Morgan fingerprint density at radius 2 is 2.00 bits per heavy atom. The molecular formula is C21H31F3IN3O3. The van der Waals surface area contributed by atoms with Crippen molar-refractivity contribution in [2.24, 2.45) is 4.99 Å². The summed E-state index contributed by atoms with van der Waals surface area (Å²) < 4.78 is 53.2. The highest BCUT2D eigenvalue weighted by atomic mass is 127. The third kappa shape index (κ3) is 8.74. The first kappa shape index (κ1) is 26.1. The average molecular weight is 557 g/mol. The van der Waals surface area contributed by atoms with Crippen molar-refractivity contribution in [2.45, 2.75) is 51.3 Å². The predicted molar refractivity (Wildman–Crippen MR) is 123 cm³/mol. The fourth-order valence-electron chi connectivity index (χ4n) is 3.68. The van der Waals surface area contributed by atoms with E-state index in [9.17, 15) is 13.2 Å². The van der Waals surface area contributed by atoms with Crippen LogP contribution in [0.3, 0.4) is 0 Å². The summed E-state index contributed by atoms with van der Waals surface area (Å²) in [5.41, 5.74) is 1.62. The topological polar surface area (TPSA) is 55.3 Å². The van der Waals surface area contributed by atoms with Gasteiger partial charge in [0.1, 0.15) is 12.7 Å². The molecule has 2 atom stereocenters. The summed E-state index contributed by atoms with van der Waals surface area (Å²) in [6, 6.07) is 7.31. The van der Waals surface area contributed by atoms with Gasteiger partial charge in [-0.3, -0.25) is 0 Å². The minimum atomic E-state index is -4.32. The number of hydrogen-bond acceptors (Lipinski definition) is 4. The zero-order valence-corrected chi connectivity index (χ0v) is 20.0. The number of ether oxygens (including phenoxy) is 3. The molecule has 10 heteroatoms. The second kappa shape index (κ2) is 12.8. The maximum Gasteiger partial charge on any atom is 0.411 e. The summed E-state index contributed by atoms with van der Waals surface area (Å²) in [6.45, 7) is 4.76. The fourth-order valence-corrected chi connectivity index (χ4v) is 3.68. The van der Waals surface area contributed by atoms with Crippen molar-refractivity contribution in [1.82, 2.24) is 10.2 Å². The van der Waals surface area contributed by atoms with Crippen LogP contribution in [-0.4, -0.2) is 68.7 Å². The third-order valence-electron chi connectivity index (χ3n) is 5.04. The van der Waals surface area contributed by atoms with Crippen molar-refractivity contribution < 1.29 is 27.4 Å². The quantitative estimate of drug-likeness (QED) is 0.315. The zero-order chi connectivity index (χ0) is 21.4. The van der Waals surface area contributed by atoms with Crippen LogP contribution in [0, 0.1) is 0 Å². The number of morpholine rings is 1. The monoisotopic (exact) mass is 557 g/mol. The number of nitrogens with one attached hydrogen (secondary N) is 1. The largest absolute Gasteiger partial charge is 0.411 e. The van der Waals surface area contributed by atoms with Crippen LogP contribution in [0.25, 0.3) is 0 Å². The zero-order valence-electron chi connectivity index (χ0n) is 17.7. The van der Waals surface area contributed by atoms with Crippen molar-refractivity contribution in [3.8, 4) is 0 Å². The van der Waals surface area contributed by atoms with Crippen LogP contribution in [0.4, 0.5) is 13.2 Å². The van der Waals surface area contributed by atoms with E-state index in [2.05, 4.69) is 10.2 Å². The molecule has 3 rings (SSSR count). The molecule has 2 saturated heterocycles. The first-order chi connectivity index (χ1) is 14.4. The first-order valence-electron chi connectivity index (χ1n) is 10.4. The number of nitrogens with zero attached hydrogens (tertiary/aromatic N) is 2. The van der Waals surface area contributed by atoms with Crippen molar-refractivity contribution in [3.63, 3.8) is 0 Å². The lowest BCUT2D eigenvalue weighted by Crippen LogP contribution is -2.53. The number of aliphatic imine (C=N–C) groups is 1. The Labute approximate surface area is 198 Å². The summed E-state index contributed by atoms with van der Waals surface area (Å²) in [6.07, 6.45) is -2.04. The Morgan fingerprint density at radius 3 is 2.71 bits per heavy atom. The molecule has 0 saturated carbocycles. The Morgan fingerprint density at radius 1 is 1.23 bits per heavy atom. The number of benzene rings is 1. The summed E-state index contributed by atoms with van der Waals surface area (Å²) in [5.74, 6) is 0.808. The second-order valence-electron chi connectivity index (χ2n) is 7.50. The molecule has 2 aliphatic heterocycles. The number of halogens is 4. The molecule has 0 amide bonds. The number of rotatable bonds is 7. The lowest BCUT2D eigenvalue weighted by Gasteiger charge is -2.37. The highest BCUT2D eigenvalue weighted by molar-refractivity contribution is 14.0.